The number of amides is 1. The molecule has 3 saturated heterocycles. The van der Waals surface area contributed by atoms with Gasteiger partial charge in [0, 0.05) is 12.1 Å². The second kappa shape index (κ2) is 2.71. The zero-order chi connectivity index (χ0) is 8.84. The third-order valence-corrected chi connectivity index (χ3v) is 3.83. The predicted molar refractivity (Wildman–Crippen MR) is 49.3 cm³/mol. The Morgan fingerprint density at radius 1 is 1.08 bits per heavy atom. The predicted octanol–water partition coefficient (Wildman–Crippen LogP) is 0.502. The van der Waals surface area contributed by atoms with Gasteiger partial charge < -0.3 is 10.2 Å². The van der Waals surface area contributed by atoms with E-state index in [9.17, 15) is 4.79 Å². The van der Waals surface area contributed by atoms with Gasteiger partial charge in [-0.3, -0.25) is 4.79 Å². The van der Waals surface area contributed by atoms with E-state index in [1.807, 2.05) is 0 Å². The number of hydrogen-bond acceptors (Lipinski definition) is 2. The van der Waals surface area contributed by atoms with Crippen LogP contribution < -0.4 is 5.32 Å². The second-order valence-electron chi connectivity index (χ2n) is 4.50. The molecule has 3 heterocycles. The summed E-state index contributed by atoms with van der Waals surface area (Å²) in [5, 5.41) is 3.20. The van der Waals surface area contributed by atoms with Crippen LogP contribution in [0.4, 0.5) is 0 Å². The molecule has 0 aromatic carbocycles. The Labute approximate surface area is 78.5 Å². The molecule has 2 bridgehead atoms. The molecule has 1 unspecified atom stereocenters. The second-order valence-corrected chi connectivity index (χ2v) is 4.50. The Morgan fingerprint density at radius 2 is 1.62 bits per heavy atom. The third-order valence-electron chi connectivity index (χ3n) is 3.83. The van der Waals surface area contributed by atoms with Crippen molar-refractivity contribution in [2.45, 2.75) is 50.2 Å². The number of nitrogens with zero attached hydrogens (tertiary/aromatic N) is 1. The van der Waals surface area contributed by atoms with Crippen LogP contribution in [0.2, 0.25) is 0 Å². The lowest BCUT2D eigenvalue weighted by Gasteiger charge is -2.33. The van der Waals surface area contributed by atoms with Crippen LogP contribution in [0.1, 0.15) is 32.1 Å². The standard InChI is InChI=1S/C10H16N2O/c13-10(9-5-6-11-9)12-7-1-2-8(12)4-3-7/h7-9,11H,1-6H2. The van der Waals surface area contributed by atoms with Crippen LogP contribution in [0.15, 0.2) is 0 Å². The van der Waals surface area contributed by atoms with Gasteiger partial charge in [0.15, 0.2) is 0 Å². The average Bonchev–Trinajstić information content (AvgIpc) is 2.58. The highest BCUT2D eigenvalue weighted by Crippen LogP contribution is 2.38. The molecule has 13 heavy (non-hydrogen) atoms. The van der Waals surface area contributed by atoms with Crippen molar-refractivity contribution < 1.29 is 4.79 Å². The molecule has 0 aliphatic carbocycles. The van der Waals surface area contributed by atoms with E-state index in [1.165, 1.54) is 25.7 Å². The Kier molecular flexibility index (Phi) is 1.62. The molecule has 3 heteroatoms. The summed E-state index contributed by atoms with van der Waals surface area (Å²) >= 11 is 0. The van der Waals surface area contributed by atoms with Crippen LogP contribution in [-0.4, -0.2) is 35.5 Å². The summed E-state index contributed by atoms with van der Waals surface area (Å²) in [5.41, 5.74) is 0. The molecule has 3 aliphatic rings. The SMILES string of the molecule is O=C(C1CCN1)N1C2CCC1CC2. The number of fused-ring (bicyclic) bond motifs is 2. The van der Waals surface area contributed by atoms with Gasteiger partial charge in [-0.25, -0.2) is 0 Å². The van der Waals surface area contributed by atoms with Gasteiger partial charge >= 0.3 is 0 Å². The molecule has 0 saturated carbocycles. The van der Waals surface area contributed by atoms with E-state index in [2.05, 4.69) is 10.2 Å². The van der Waals surface area contributed by atoms with Crippen LogP contribution in [0.25, 0.3) is 0 Å². The number of carbonyl (C=O) groups is 1. The molecule has 1 atom stereocenters. The van der Waals surface area contributed by atoms with Crippen LogP contribution in [-0.2, 0) is 4.79 Å². The van der Waals surface area contributed by atoms with Gasteiger partial charge in [-0.1, -0.05) is 0 Å². The van der Waals surface area contributed by atoms with Crippen molar-refractivity contribution in [3.05, 3.63) is 0 Å². The molecular weight excluding hydrogens is 164 g/mol. The van der Waals surface area contributed by atoms with Crippen molar-refractivity contribution in [1.82, 2.24) is 10.2 Å². The minimum absolute atomic E-state index is 0.168. The molecule has 72 valence electrons. The van der Waals surface area contributed by atoms with Gasteiger partial charge in [0.1, 0.15) is 0 Å². The zero-order valence-corrected chi connectivity index (χ0v) is 7.83. The number of nitrogens with one attached hydrogen (secondary N) is 1. The molecular formula is C10H16N2O. The third kappa shape index (κ3) is 1.03. The monoisotopic (exact) mass is 180 g/mol. The van der Waals surface area contributed by atoms with Crippen LogP contribution in [0.5, 0.6) is 0 Å². The summed E-state index contributed by atoms with van der Waals surface area (Å²) in [4.78, 5) is 14.1. The van der Waals surface area contributed by atoms with Crippen LogP contribution >= 0.6 is 0 Å². The summed E-state index contributed by atoms with van der Waals surface area (Å²) in [6, 6.07) is 1.36. The molecule has 0 aromatic heterocycles. The number of rotatable bonds is 1. The Bertz CT molecular complexity index is 217. The maximum Gasteiger partial charge on any atom is 0.240 e. The molecule has 0 radical (unpaired) electrons. The van der Waals surface area contributed by atoms with Crippen molar-refractivity contribution >= 4 is 5.91 Å². The summed E-state index contributed by atoms with van der Waals surface area (Å²) in [6.07, 6.45) is 6.06. The molecule has 3 nitrogen and oxygen atoms in total. The molecule has 3 fully saturated rings. The van der Waals surface area contributed by atoms with Gasteiger partial charge in [-0.15, -0.1) is 0 Å². The van der Waals surface area contributed by atoms with Crippen molar-refractivity contribution in [1.29, 1.82) is 0 Å². The quantitative estimate of drug-likeness (QED) is 0.637. The smallest absolute Gasteiger partial charge is 0.240 e. The highest BCUT2D eigenvalue weighted by molar-refractivity contribution is 5.84. The molecule has 0 aromatic rings. The summed E-state index contributed by atoms with van der Waals surface area (Å²) in [6.45, 7) is 1.03. The van der Waals surface area contributed by atoms with E-state index < -0.39 is 0 Å². The normalized spacial score (nSPS) is 42.2. The first-order valence-electron chi connectivity index (χ1n) is 5.42. The molecule has 3 aliphatic heterocycles. The first kappa shape index (κ1) is 7.80. The van der Waals surface area contributed by atoms with E-state index in [4.69, 9.17) is 0 Å². The Hall–Kier alpha value is -0.570. The Morgan fingerprint density at radius 3 is 2.00 bits per heavy atom. The van der Waals surface area contributed by atoms with Crippen LogP contribution in [0.3, 0.4) is 0 Å². The first-order chi connectivity index (χ1) is 6.36. The van der Waals surface area contributed by atoms with Gasteiger partial charge in [-0.2, -0.15) is 0 Å². The molecule has 0 spiro atoms. The maximum absolute atomic E-state index is 12.0. The summed E-state index contributed by atoms with van der Waals surface area (Å²) < 4.78 is 0. The average molecular weight is 180 g/mol. The minimum Gasteiger partial charge on any atom is -0.335 e. The Balaban J connectivity index is 1.74. The van der Waals surface area contributed by atoms with E-state index in [0.29, 0.717) is 18.0 Å². The lowest BCUT2D eigenvalue weighted by Crippen LogP contribution is -2.55. The van der Waals surface area contributed by atoms with Gasteiger partial charge in [0.05, 0.1) is 6.04 Å². The molecule has 3 rings (SSSR count). The highest BCUT2D eigenvalue weighted by Gasteiger charge is 2.44. The fourth-order valence-electron chi connectivity index (χ4n) is 2.95. The zero-order valence-electron chi connectivity index (χ0n) is 7.83. The maximum atomic E-state index is 12.0. The van der Waals surface area contributed by atoms with Crippen molar-refractivity contribution in [3.8, 4) is 0 Å². The lowest BCUT2D eigenvalue weighted by molar-refractivity contribution is -0.136. The van der Waals surface area contributed by atoms with Crippen molar-refractivity contribution in [3.63, 3.8) is 0 Å². The fourth-order valence-corrected chi connectivity index (χ4v) is 2.95. The summed E-state index contributed by atoms with van der Waals surface area (Å²) in [7, 11) is 0. The van der Waals surface area contributed by atoms with E-state index >= 15 is 0 Å². The first-order valence-corrected chi connectivity index (χ1v) is 5.42. The van der Waals surface area contributed by atoms with Crippen molar-refractivity contribution in [2.24, 2.45) is 0 Å². The fraction of sp³-hybridized carbons (Fsp3) is 0.900. The van der Waals surface area contributed by atoms with Gasteiger partial charge in [-0.05, 0) is 38.6 Å². The lowest BCUT2D eigenvalue weighted by atomic mass is 10.0. The molecule has 1 N–H and O–H groups in total. The van der Waals surface area contributed by atoms with Crippen LogP contribution in [0, 0.1) is 0 Å². The molecule has 1 amide bonds. The highest BCUT2D eigenvalue weighted by atomic mass is 16.2. The van der Waals surface area contributed by atoms with E-state index in [-0.39, 0.29) is 6.04 Å². The number of hydrogen-bond donors (Lipinski definition) is 1. The van der Waals surface area contributed by atoms with E-state index in [1.54, 1.807) is 0 Å². The number of carbonyl (C=O) groups excluding carboxylic acids is 1. The van der Waals surface area contributed by atoms with Crippen molar-refractivity contribution in [2.75, 3.05) is 6.54 Å². The largest absolute Gasteiger partial charge is 0.335 e. The summed E-state index contributed by atoms with van der Waals surface area (Å²) in [5.74, 6) is 0.385. The minimum atomic E-state index is 0.168. The van der Waals surface area contributed by atoms with Gasteiger partial charge in [0.25, 0.3) is 0 Å². The topological polar surface area (TPSA) is 32.3 Å². The van der Waals surface area contributed by atoms with Gasteiger partial charge in [0.2, 0.25) is 5.91 Å². The van der Waals surface area contributed by atoms with E-state index in [0.717, 1.165) is 13.0 Å².